The predicted octanol–water partition coefficient (Wildman–Crippen LogP) is 4.28. The number of imidazole rings is 1. The molecule has 2 aliphatic rings. The van der Waals surface area contributed by atoms with Gasteiger partial charge in [-0.3, -0.25) is 9.48 Å². The Hall–Kier alpha value is -3.02. The molecule has 2 unspecified atom stereocenters. The number of nitrogens with one attached hydrogen (secondary N) is 1. The van der Waals surface area contributed by atoms with Crippen LogP contribution in [0.4, 0.5) is 14.5 Å². The summed E-state index contributed by atoms with van der Waals surface area (Å²) in [7, 11) is 3.30. The molecular formula is C27H32ClF2N5O4. The summed E-state index contributed by atoms with van der Waals surface area (Å²) in [5.74, 6) is -1.72. The number of rotatable bonds is 7. The zero-order chi connectivity index (χ0) is 28.3. The summed E-state index contributed by atoms with van der Waals surface area (Å²) in [4.78, 5) is 17.7. The lowest BCUT2D eigenvalue weighted by Gasteiger charge is -2.25. The van der Waals surface area contributed by atoms with E-state index in [9.17, 15) is 19.4 Å². The van der Waals surface area contributed by atoms with E-state index in [0.29, 0.717) is 42.8 Å². The van der Waals surface area contributed by atoms with Crippen LogP contribution in [0.3, 0.4) is 0 Å². The van der Waals surface area contributed by atoms with E-state index in [-0.39, 0.29) is 46.9 Å². The highest BCUT2D eigenvalue weighted by molar-refractivity contribution is 6.31. The Kier molecular flexibility index (Phi) is 6.97. The van der Waals surface area contributed by atoms with E-state index in [1.54, 1.807) is 38.8 Å². The number of carbonyl (C=O) groups is 1. The summed E-state index contributed by atoms with van der Waals surface area (Å²) in [6, 6.07) is 3.98. The van der Waals surface area contributed by atoms with E-state index in [0.717, 1.165) is 0 Å². The monoisotopic (exact) mass is 563 g/mol. The van der Waals surface area contributed by atoms with Crippen LogP contribution in [0.25, 0.3) is 0 Å². The summed E-state index contributed by atoms with van der Waals surface area (Å²) >= 11 is 5.85. The van der Waals surface area contributed by atoms with Gasteiger partial charge in [-0.2, -0.15) is 4.39 Å². The number of carbonyl (C=O) groups excluding carboxylic acids is 1. The van der Waals surface area contributed by atoms with Crippen molar-refractivity contribution in [2.45, 2.75) is 56.7 Å². The van der Waals surface area contributed by atoms with Gasteiger partial charge in [-0.05, 0) is 69.6 Å². The molecule has 2 heterocycles. The average molecular weight is 564 g/mol. The number of nitrogens with zero attached hydrogens (tertiary/aromatic N) is 4. The molecule has 3 aromatic rings. The topological polar surface area (TPSA) is 114 Å². The van der Waals surface area contributed by atoms with E-state index >= 15 is 4.39 Å². The molecule has 0 aliphatic heterocycles. The van der Waals surface area contributed by atoms with Crippen molar-refractivity contribution >= 4 is 23.2 Å². The van der Waals surface area contributed by atoms with Gasteiger partial charge >= 0.3 is 0 Å². The lowest BCUT2D eigenvalue weighted by Crippen LogP contribution is -2.28. The molecule has 12 heteroatoms. The van der Waals surface area contributed by atoms with Crippen molar-refractivity contribution < 1.29 is 28.5 Å². The number of amides is 1. The van der Waals surface area contributed by atoms with Gasteiger partial charge < -0.3 is 24.8 Å². The largest absolute Gasteiger partial charge is 0.472 e. The van der Waals surface area contributed by atoms with E-state index in [4.69, 9.17) is 16.3 Å². The first kappa shape index (κ1) is 27.5. The first-order chi connectivity index (χ1) is 18.3. The molecule has 2 saturated carbocycles. The molecule has 5 rings (SSSR count). The highest BCUT2D eigenvalue weighted by Crippen LogP contribution is 2.57. The molecule has 0 saturated heterocycles. The van der Waals surface area contributed by atoms with Crippen LogP contribution in [-0.2, 0) is 19.7 Å². The summed E-state index contributed by atoms with van der Waals surface area (Å²) in [5, 5.41) is 28.2. The highest BCUT2D eigenvalue weighted by Gasteiger charge is 2.53. The molecule has 0 spiro atoms. The van der Waals surface area contributed by atoms with Crippen LogP contribution in [0, 0.1) is 23.5 Å². The lowest BCUT2D eigenvalue weighted by atomic mass is 9.90. The molecule has 0 bridgehead atoms. The summed E-state index contributed by atoms with van der Waals surface area (Å²) in [6.45, 7) is 2.96. The predicted molar refractivity (Wildman–Crippen MR) is 140 cm³/mol. The smallest absolute Gasteiger partial charge is 0.274 e. The maximum Gasteiger partial charge on any atom is 0.274 e. The van der Waals surface area contributed by atoms with Gasteiger partial charge in [-0.15, -0.1) is 5.10 Å². The fourth-order valence-corrected chi connectivity index (χ4v) is 6.36. The quantitative estimate of drug-likeness (QED) is 0.395. The average Bonchev–Trinajstić information content (AvgIpc) is 3.55. The van der Waals surface area contributed by atoms with Gasteiger partial charge in [0.1, 0.15) is 29.4 Å². The van der Waals surface area contributed by atoms with Crippen molar-refractivity contribution in [2.24, 2.45) is 25.9 Å². The second kappa shape index (κ2) is 9.87. The molecule has 3 N–H and O–H groups in total. The van der Waals surface area contributed by atoms with E-state index in [1.165, 1.54) is 22.9 Å². The molecule has 9 nitrogen and oxygen atoms in total. The number of hydrogen-bond donors (Lipinski definition) is 3. The lowest BCUT2D eigenvalue weighted by molar-refractivity contribution is 0.0212. The third-order valence-electron chi connectivity index (χ3n) is 7.75. The van der Waals surface area contributed by atoms with Gasteiger partial charge in [0.15, 0.2) is 0 Å². The SMILES string of the molecule is Cn1cnc(C2CC3CC(O)(c4c(F)c(OCC(C)(C)O)nn4C)CC3C2)c1C(=O)Nc1ccc(F)c(Cl)c1. The van der Waals surface area contributed by atoms with Crippen LogP contribution in [0.15, 0.2) is 24.5 Å². The van der Waals surface area contributed by atoms with Crippen molar-refractivity contribution in [2.75, 3.05) is 11.9 Å². The van der Waals surface area contributed by atoms with Gasteiger partial charge in [0.25, 0.3) is 11.8 Å². The number of anilines is 1. The number of aliphatic hydroxyl groups is 2. The second-order valence-electron chi connectivity index (χ2n) is 11.5. The van der Waals surface area contributed by atoms with Crippen molar-refractivity contribution in [3.8, 4) is 5.88 Å². The summed E-state index contributed by atoms with van der Waals surface area (Å²) in [5.41, 5.74) is -1.05. The van der Waals surface area contributed by atoms with E-state index < -0.39 is 22.8 Å². The van der Waals surface area contributed by atoms with E-state index in [2.05, 4.69) is 15.4 Å². The summed E-state index contributed by atoms with van der Waals surface area (Å²) in [6.07, 6.45) is 3.66. The van der Waals surface area contributed by atoms with Crippen LogP contribution >= 0.6 is 11.6 Å². The molecule has 2 fully saturated rings. The molecule has 1 amide bonds. The Morgan fingerprint density at radius 2 is 1.92 bits per heavy atom. The van der Waals surface area contributed by atoms with Crippen LogP contribution in [0.5, 0.6) is 5.88 Å². The molecule has 2 aromatic heterocycles. The van der Waals surface area contributed by atoms with Crippen molar-refractivity contribution in [3.05, 3.63) is 58.3 Å². The zero-order valence-electron chi connectivity index (χ0n) is 22.2. The van der Waals surface area contributed by atoms with Crippen LogP contribution in [-0.4, -0.2) is 47.7 Å². The molecule has 39 heavy (non-hydrogen) atoms. The third-order valence-corrected chi connectivity index (χ3v) is 8.04. The minimum atomic E-state index is -1.41. The minimum absolute atomic E-state index is 0.00892. The molecule has 2 atom stereocenters. The van der Waals surface area contributed by atoms with Gasteiger partial charge in [0.05, 0.1) is 22.6 Å². The second-order valence-corrected chi connectivity index (χ2v) is 11.9. The number of aromatic nitrogens is 4. The number of fused-ring (bicyclic) bond motifs is 1. The normalized spacial score (nSPS) is 24.7. The number of benzene rings is 1. The molecule has 1 aromatic carbocycles. The van der Waals surface area contributed by atoms with Gasteiger partial charge in [-0.1, -0.05) is 11.6 Å². The Morgan fingerprint density at radius 3 is 2.54 bits per heavy atom. The zero-order valence-corrected chi connectivity index (χ0v) is 23.0. The number of ether oxygens (including phenoxy) is 1. The number of hydrogen-bond acceptors (Lipinski definition) is 6. The maximum absolute atomic E-state index is 15.3. The standard InChI is InChI=1S/C27H32ClF2N5O4/c1-26(2,37)12-39-25-20(30)23(35(4)33-25)27(38)10-15-7-14(8-16(15)11-27)21-22(34(3)13-31-21)24(36)32-17-5-6-19(29)18(28)9-17/h5-6,9,13-16,37-38H,7-8,10-12H2,1-4H3,(H,32,36). The fraction of sp³-hybridized carbons (Fsp3) is 0.519. The van der Waals surface area contributed by atoms with Gasteiger partial charge in [0, 0.05) is 25.7 Å². The minimum Gasteiger partial charge on any atom is -0.472 e. The number of aryl methyl sites for hydroxylation is 2. The Bertz CT molecular complexity index is 1400. The van der Waals surface area contributed by atoms with Crippen LogP contribution in [0.2, 0.25) is 5.02 Å². The van der Waals surface area contributed by atoms with Crippen molar-refractivity contribution in [3.63, 3.8) is 0 Å². The third kappa shape index (κ3) is 5.27. The highest BCUT2D eigenvalue weighted by atomic mass is 35.5. The van der Waals surface area contributed by atoms with Gasteiger partial charge in [-0.25, -0.2) is 9.37 Å². The molecule has 0 radical (unpaired) electrons. The van der Waals surface area contributed by atoms with E-state index in [1.807, 2.05) is 0 Å². The van der Waals surface area contributed by atoms with Gasteiger partial charge in [0.2, 0.25) is 5.82 Å². The Morgan fingerprint density at radius 1 is 1.26 bits per heavy atom. The molecular weight excluding hydrogens is 532 g/mol. The first-order valence-corrected chi connectivity index (χ1v) is 13.2. The summed E-state index contributed by atoms with van der Waals surface area (Å²) < 4.78 is 37.2. The number of halogens is 3. The molecule has 2 aliphatic carbocycles. The Balaban J connectivity index is 1.30. The first-order valence-electron chi connectivity index (χ1n) is 12.8. The Labute approximate surface area is 229 Å². The maximum atomic E-state index is 15.3. The van der Waals surface area contributed by atoms with Crippen LogP contribution in [0.1, 0.15) is 67.3 Å². The molecule has 210 valence electrons. The fourth-order valence-electron chi connectivity index (χ4n) is 6.18. The van der Waals surface area contributed by atoms with Crippen molar-refractivity contribution in [1.29, 1.82) is 0 Å². The van der Waals surface area contributed by atoms with Crippen molar-refractivity contribution in [1.82, 2.24) is 19.3 Å². The van der Waals surface area contributed by atoms with Crippen LogP contribution < -0.4 is 10.1 Å².